The Hall–Kier alpha value is -0.430. The normalized spacial score (nSPS) is 10.3. The van der Waals surface area contributed by atoms with E-state index in [1.54, 1.807) is 0 Å². The molecule has 0 aliphatic rings. The Morgan fingerprint density at radius 1 is 0.889 bits per heavy atom. The molecule has 2 heteroatoms. The maximum Gasteiger partial charge on any atom is 0.0219 e. The monoisotopic (exact) mass is 271 g/mol. The average molecular weight is 272 g/mol. The van der Waals surface area contributed by atoms with E-state index in [-0.39, 0.29) is 12.4 Å². The molecule has 0 atom stereocenters. The van der Waals surface area contributed by atoms with Crippen LogP contribution in [0.2, 0.25) is 0 Å². The van der Waals surface area contributed by atoms with Gasteiger partial charge in [0.2, 0.25) is 0 Å². The van der Waals surface area contributed by atoms with Crippen LogP contribution in [0.1, 0.15) is 70.8 Å². The molecule has 1 rings (SSSR count). The first kappa shape index (κ1) is 17.6. The van der Waals surface area contributed by atoms with Crippen LogP contribution in [-0.2, 0) is 13.0 Å². The van der Waals surface area contributed by atoms with E-state index in [1.165, 1.54) is 69.9 Å². The van der Waals surface area contributed by atoms with E-state index in [0.717, 1.165) is 0 Å². The van der Waals surface area contributed by atoms with Gasteiger partial charge in [-0.05, 0) is 30.9 Å². The van der Waals surface area contributed by atoms with Gasteiger partial charge < -0.3 is 4.57 Å². The van der Waals surface area contributed by atoms with Gasteiger partial charge in [0.05, 0.1) is 0 Å². The molecule has 0 aliphatic carbocycles. The maximum absolute atomic E-state index is 2.37. The zero-order chi connectivity index (χ0) is 12.3. The van der Waals surface area contributed by atoms with E-state index < -0.39 is 0 Å². The molecule has 1 nitrogen and oxygen atoms in total. The minimum atomic E-state index is 0. The molecular formula is C16H30ClN. The molecule has 106 valence electrons. The molecule has 0 bridgehead atoms. The first-order valence-electron chi connectivity index (χ1n) is 7.51. The van der Waals surface area contributed by atoms with Crippen molar-refractivity contribution in [2.45, 2.75) is 78.2 Å². The first-order chi connectivity index (χ1) is 8.36. The molecule has 0 unspecified atom stereocenters. The Kier molecular flexibility index (Phi) is 11.4. The van der Waals surface area contributed by atoms with Gasteiger partial charge in [-0.3, -0.25) is 0 Å². The second-order valence-corrected chi connectivity index (χ2v) is 5.13. The summed E-state index contributed by atoms with van der Waals surface area (Å²) in [5, 5.41) is 0. The van der Waals surface area contributed by atoms with Gasteiger partial charge in [0.25, 0.3) is 0 Å². The molecule has 18 heavy (non-hydrogen) atoms. The number of rotatable bonds is 10. The second kappa shape index (κ2) is 11.6. The van der Waals surface area contributed by atoms with Crippen molar-refractivity contribution in [2.75, 3.05) is 0 Å². The highest BCUT2D eigenvalue weighted by Gasteiger charge is 1.96. The molecule has 0 fully saturated rings. The molecule has 0 aromatic carbocycles. The number of aryl methyl sites for hydroxylation is 2. The predicted molar refractivity (Wildman–Crippen MR) is 83.7 cm³/mol. The largest absolute Gasteiger partial charge is 0.354 e. The molecule has 0 saturated carbocycles. The Morgan fingerprint density at radius 2 is 1.56 bits per heavy atom. The Labute approximate surface area is 119 Å². The number of hydrogen-bond acceptors (Lipinski definition) is 0. The topological polar surface area (TPSA) is 4.93 Å². The highest BCUT2D eigenvalue weighted by Crippen LogP contribution is 2.09. The molecule has 0 amide bonds. The van der Waals surface area contributed by atoms with Crippen LogP contribution >= 0.6 is 12.4 Å². The molecule has 0 aliphatic heterocycles. The molecule has 1 aromatic rings. The third-order valence-corrected chi connectivity index (χ3v) is 3.40. The minimum Gasteiger partial charge on any atom is -0.354 e. The number of aromatic nitrogens is 1. The van der Waals surface area contributed by atoms with Gasteiger partial charge in [0.15, 0.2) is 0 Å². The van der Waals surface area contributed by atoms with Gasteiger partial charge >= 0.3 is 0 Å². The summed E-state index contributed by atoms with van der Waals surface area (Å²) in [4.78, 5) is 0. The van der Waals surface area contributed by atoms with Gasteiger partial charge in [0.1, 0.15) is 0 Å². The van der Waals surface area contributed by atoms with Gasteiger partial charge in [-0.2, -0.15) is 0 Å². The van der Waals surface area contributed by atoms with Crippen LogP contribution in [0.5, 0.6) is 0 Å². The van der Waals surface area contributed by atoms with Crippen molar-refractivity contribution in [1.82, 2.24) is 4.57 Å². The van der Waals surface area contributed by atoms with Crippen molar-refractivity contribution >= 4 is 12.4 Å². The van der Waals surface area contributed by atoms with Crippen LogP contribution in [0.25, 0.3) is 0 Å². The molecule has 1 aromatic heterocycles. The number of nitrogens with zero attached hydrogens (tertiary/aromatic N) is 1. The van der Waals surface area contributed by atoms with Crippen molar-refractivity contribution in [3.8, 4) is 0 Å². The highest BCUT2D eigenvalue weighted by molar-refractivity contribution is 5.85. The molecule has 0 radical (unpaired) electrons. The lowest BCUT2D eigenvalue weighted by molar-refractivity contribution is 0.558. The van der Waals surface area contributed by atoms with Gasteiger partial charge in [-0.1, -0.05) is 52.4 Å². The number of unbranched alkanes of at least 4 members (excludes halogenated alkanes) is 6. The summed E-state index contributed by atoms with van der Waals surface area (Å²) in [6.45, 7) is 5.74. The summed E-state index contributed by atoms with van der Waals surface area (Å²) in [5.74, 6) is 0. The van der Waals surface area contributed by atoms with Crippen molar-refractivity contribution in [3.63, 3.8) is 0 Å². The smallest absolute Gasteiger partial charge is 0.0219 e. The third-order valence-electron chi connectivity index (χ3n) is 3.40. The van der Waals surface area contributed by atoms with Crippen LogP contribution in [0.15, 0.2) is 18.5 Å². The van der Waals surface area contributed by atoms with Gasteiger partial charge in [-0.15, -0.1) is 12.4 Å². The summed E-state index contributed by atoms with van der Waals surface area (Å²) in [5.41, 5.74) is 1.51. The maximum atomic E-state index is 2.37. The van der Waals surface area contributed by atoms with Gasteiger partial charge in [0, 0.05) is 18.9 Å². The van der Waals surface area contributed by atoms with Crippen LogP contribution in [0.3, 0.4) is 0 Å². The Bertz CT molecular complexity index is 280. The number of hydrogen-bond donors (Lipinski definition) is 0. The molecule has 0 saturated heterocycles. The van der Waals surface area contributed by atoms with Crippen LogP contribution in [0, 0.1) is 0 Å². The van der Waals surface area contributed by atoms with Crippen molar-refractivity contribution in [1.29, 1.82) is 0 Å². The Balaban J connectivity index is 0.00000289. The van der Waals surface area contributed by atoms with Gasteiger partial charge in [-0.25, -0.2) is 0 Å². The van der Waals surface area contributed by atoms with E-state index in [1.807, 2.05) is 0 Å². The lowest BCUT2D eigenvalue weighted by Crippen LogP contribution is -1.94. The van der Waals surface area contributed by atoms with Crippen LogP contribution in [0.4, 0.5) is 0 Å². The lowest BCUT2D eigenvalue weighted by Gasteiger charge is -2.03. The fourth-order valence-electron chi connectivity index (χ4n) is 2.23. The lowest BCUT2D eigenvalue weighted by atomic mass is 10.1. The zero-order valence-electron chi connectivity index (χ0n) is 12.2. The minimum absolute atomic E-state index is 0. The van der Waals surface area contributed by atoms with E-state index in [4.69, 9.17) is 0 Å². The Morgan fingerprint density at radius 3 is 2.28 bits per heavy atom. The third kappa shape index (κ3) is 7.81. The molecular weight excluding hydrogens is 242 g/mol. The summed E-state index contributed by atoms with van der Waals surface area (Å²) in [6.07, 6.45) is 16.8. The van der Waals surface area contributed by atoms with Crippen LogP contribution < -0.4 is 0 Å². The first-order valence-corrected chi connectivity index (χ1v) is 7.51. The molecule has 0 spiro atoms. The fraction of sp³-hybridized carbons (Fsp3) is 0.750. The highest BCUT2D eigenvalue weighted by atomic mass is 35.5. The number of halogens is 1. The summed E-state index contributed by atoms with van der Waals surface area (Å²) < 4.78 is 2.37. The molecule has 1 heterocycles. The van der Waals surface area contributed by atoms with Crippen molar-refractivity contribution in [3.05, 3.63) is 24.0 Å². The van der Waals surface area contributed by atoms with E-state index in [9.17, 15) is 0 Å². The van der Waals surface area contributed by atoms with E-state index >= 15 is 0 Å². The molecule has 0 N–H and O–H groups in total. The van der Waals surface area contributed by atoms with E-state index in [2.05, 4.69) is 36.9 Å². The van der Waals surface area contributed by atoms with Crippen molar-refractivity contribution in [2.24, 2.45) is 0 Å². The fourth-order valence-corrected chi connectivity index (χ4v) is 2.23. The van der Waals surface area contributed by atoms with Crippen molar-refractivity contribution < 1.29 is 0 Å². The van der Waals surface area contributed by atoms with Crippen LogP contribution in [-0.4, -0.2) is 4.57 Å². The standard InChI is InChI=1S/C16H29N.ClH/c1-3-5-7-8-9-10-13-17-14-12-16(15-17)11-6-4-2;/h12,14-15H,3-11,13H2,1-2H3;1H. The zero-order valence-corrected chi connectivity index (χ0v) is 13.0. The van der Waals surface area contributed by atoms with E-state index in [0.29, 0.717) is 0 Å². The average Bonchev–Trinajstić information content (AvgIpc) is 2.79. The summed E-state index contributed by atoms with van der Waals surface area (Å²) in [6, 6.07) is 2.28. The summed E-state index contributed by atoms with van der Waals surface area (Å²) >= 11 is 0. The predicted octanol–water partition coefficient (Wildman–Crippen LogP) is 5.61. The summed E-state index contributed by atoms with van der Waals surface area (Å²) in [7, 11) is 0. The SMILES string of the molecule is CCCCCCCCn1ccc(CCCC)c1.Cl. The quantitative estimate of drug-likeness (QED) is 0.487. The second-order valence-electron chi connectivity index (χ2n) is 5.13.